The van der Waals surface area contributed by atoms with Crippen LogP contribution in [0.25, 0.3) is 0 Å². The molecule has 0 spiro atoms. The summed E-state index contributed by atoms with van der Waals surface area (Å²) in [7, 11) is 0. The van der Waals surface area contributed by atoms with Crippen LogP contribution in [0.2, 0.25) is 0 Å². The molecule has 0 aliphatic heterocycles. The standard InChI is InChI=1S/C21H27N3O5/c1-13-6-4-5-7-18(13)23-20(25)14(2)28-21(26)16-8-10-17(11-9-16)27-12-19-22-15(3)29-24-19/h8-11,13-14,18H,4-7,12H2,1-3H3,(H,23,25). The van der Waals surface area contributed by atoms with E-state index in [1.807, 2.05) is 0 Å². The van der Waals surface area contributed by atoms with E-state index >= 15 is 0 Å². The Morgan fingerprint density at radius 2 is 1.97 bits per heavy atom. The van der Waals surface area contributed by atoms with Gasteiger partial charge in [0.1, 0.15) is 5.75 Å². The summed E-state index contributed by atoms with van der Waals surface area (Å²) in [5, 5.41) is 6.76. The molecule has 0 saturated heterocycles. The number of benzene rings is 1. The minimum absolute atomic E-state index is 0.150. The van der Waals surface area contributed by atoms with Gasteiger partial charge in [-0.3, -0.25) is 4.79 Å². The molecular formula is C21H27N3O5. The molecule has 0 bridgehead atoms. The molecule has 2 aromatic rings. The number of hydrogen-bond donors (Lipinski definition) is 1. The fourth-order valence-corrected chi connectivity index (χ4v) is 3.35. The van der Waals surface area contributed by atoms with E-state index in [9.17, 15) is 9.59 Å². The number of nitrogens with one attached hydrogen (secondary N) is 1. The number of rotatable bonds is 7. The third kappa shape index (κ3) is 5.79. The van der Waals surface area contributed by atoms with Crippen molar-refractivity contribution in [1.82, 2.24) is 15.5 Å². The molecule has 1 heterocycles. The van der Waals surface area contributed by atoms with Crippen LogP contribution in [0.1, 0.15) is 61.6 Å². The minimum Gasteiger partial charge on any atom is -0.485 e. The third-order valence-electron chi connectivity index (χ3n) is 5.12. The second-order valence-corrected chi connectivity index (χ2v) is 7.47. The van der Waals surface area contributed by atoms with Gasteiger partial charge in [-0.1, -0.05) is 24.9 Å². The lowest BCUT2D eigenvalue weighted by Gasteiger charge is -2.30. The molecule has 3 rings (SSSR count). The zero-order valence-corrected chi connectivity index (χ0v) is 17.0. The van der Waals surface area contributed by atoms with Gasteiger partial charge in [0.05, 0.1) is 5.56 Å². The van der Waals surface area contributed by atoms with Crippen molar-refractivity contribution in [2.24, 2.45) is 5.92 Å². The zero-order valence-electron chi connectivity index (χ0n) is 17.0. The van der Waals surface area contributed by atoms with Crippen LogP contribution in [0.15, 0.2) is 28.8 Å². The summed E-state index contributed by atoms with van der Waals surface area (Å²) in [5.74, 6) is 1.11. The van der Waals surface area contributed by atoms with Crippen LogP contribution in [0.5, 0.6) is 5.75 Å². The van der Waals surface area contributed by atoms with Crippen LogP contribution in [0.4, 0.5) is 0 Å². The molecule has 0 radical (unpaired) electrons. The van der Waals surface area contributed by atoms with E-state index in [2.05, 4.69) is 22.4 Å². The van der Waals surface area contributed by atoms with Crippen molar-refractivity contribution in [2.75, 3.05) is 0 Å². The third-order valence-corrected chi connectivity index (χ3v) is 5.12. The maximum atomic E-state index is 12.4. The Morgan fingerprint density at radius 1 is 1.24 bits per heavy atom. The number of amides is 1. The van der Waals surface area contributed by atoms with Gasteiger partial charge in [-0.25, -0.2) is 4.79 Å². The largest absolute Gasteiger partial charge is 0.485 e. The van der Waals surface area contributed by atoms with Crippen molar-refractivity contribution in [1.29, 1.82) is 0 Å². The molecule has 3 atom stereocenters. The molecule has 1 saturated carbocycles. The Kier molecular flexibility index (Phi) is 6.85. The van der Waals surface area contributed by atoms with Gasteiger partial charge in [0.25, 0.3) is 5.91 Å². The molecule has 8 nitrogen and oxygen atoms in total. The predicted molar refractivity (Wildman–Crippen MR) is 104 cm³/mol. The fraction of sp³-hybridized carbons (Fsp3) is 0.524. The highest BCUT2D eigenvalue weighted by molar-refractivity contribution is 5.92. The summed E-state index contributed by atoms with van der Waals surface area (Å²) in [6.45, 7) is 5.60. The van der Waals surface area contributed by atoms with E-state index in [0.717, 1.165) is 19.3 Å². The molecule has 156 valence electrons. The summed E-state index contributed by atoms with van der Waals surface area (Å²) in [5.41, 5.74) is 0.346. The van der Waals surface area contributed by atoms with Crippen molar-refractivity contribution < 1.29 is 23.6 Å². The maximum Gasteiger partial charge on any atom is 0.338 e. The van der Waals surface area contributed by atoms with Crippen molar-refractivity contribution in [3.8, 4) is 5.75 Å². The lowest BCUT2D eigenvalue weighted by Crippen LogP contribution is -2.45. The maximum absolute atomic E-state index is 12.4. The Morgan fingerprint density at radius 3 is 2.62 bits per heavy atom. The van der Waals surface area contributed by atoms with Crippen molar-refractivity contribution in [3.63, 3.8) is 0 Å². The van der Waals surface area contributed by atoms with Gasteiger partial charge in [0.15, 0.2) is 12.7 Å². The molecule has 1 aromatic carbocycles. The topological polar surface area (TPSA) is 104 Å². The number of nitrogens with zero attached hydrogens (tertiary/aromatic N) is 2. The quantitative estimate of drug-likeness (QED) is 0.711. The molecule has 29 heavy (non-hydrogen) atoms. The van der Waals surface area contributed by atoms with Gasteiger partial charge in [0.2, 0.25) is 11.7 Å². The van der Waals surface area contributed by atoms with E-state index < -0.39 is 12.1 Å². The van der Waals surface area contributed by atoms with E-state index in [-0.39, 0.29) is 18.6 Å². The Labute approximate surface area is 170 Å². The van der Waals surface area contributed by atoms with Crippen LogP contribution in [0, 0.1) is 12.8 Å². The molecule has 1 aromatic heterocycles. The van der Waals surface area contributed by atoms with Gasteiger partial charge in [-0.2, -0.15) is 4.98 Å². The average molecular weight is 401 g/mol. The normalized spacial score (nSPS) is 20.0. The number of hydrogen-bond acceptors (Lipinski definition) is 7. The van der Waals surface area contributed by atoms with Crippen LogP contribution in [-0.4, -0.2) is 34.2 Å². The highest BCUT2D eigenvalue weighted by Crippen LogP contribution is 2.24. The summed E-state index contributed by atoms with van der Waals surface area (Å²) >= 11 is 0. The lowest BCUT2D eigenvalue weighted by atomic mass is 9.86. The van der Waals surface area contributed by atoms with Gasteiger partial charge in [0, 0.05) is 13.0 Å². The highest BCUT2D eigenvalue weighted by Gasteiger charge is 2.26. The summed E-state index contributed by atoms with van der Waals surface area (Å²) < 4.78 is 15.8. The number of aromatic nitrogens is 2. The smallest absolute Gasteiger partial charge is 0.338 e. The van der Waals surface area contributed by atoms with Crippen LogP contribution >= 0.6 is 0 Å². The van der Waals surface area contributed by atoms with Crippen molar-refractivity contribution in [3.05, 3.63) is 41.5 Å². The molecule has 1 aliphatic rings. The van der Waals surface area contributed by atoms with Gasteiger partial charge >= 0.3 is 5.97 Å². The van der Waals surface area contributed by atoms with Crippen molar-refractivity contribution >= 4 is 11.9 Å². The second kappa shape index (κ2) is 9.54. The highest BCUT2D eigenvalue weighted by atomic mass is 16.5. The summed E-state index contributed by atoms with van der Waals surface area (Å²) in [6.07, 6.45) is 3.55. The van der Waals surface area contributed by atoms with E-state index in [1.54, 1.807) is 38.1 Å². The Hall–Kier alpha value is -2.90. The van der Waals surface area contributed by atoms with Crippen LogP contribution in [-0.2, 0) is 16.1 Å². The first-order valence-corrected chi connectivity index (χ1v) is 9.96. The molecule has 1 aliphatic carbocycles. The molecule has 1 N–H and O–H groups in total. The number of ether oxygens (including phenoxy) is 2. The SMILES string of the molecule is Cc1nc(COc2ccc(C(=O)OC(C)C(=O)NC3CCCCC3C)cc2)no1. The van der Waals surface area contributed by atoms with Crippen molar-refractivity contribution in [2.45, 2.75) is 65.2 Å². The number of esters is 1. The number of aryl methyl sites for hydroxylation is 1. The first-order valence-electron chi connectivity index (χ1n) is 9.96. The molecule has 3 unspecified atom stereocenters. The Bertz CT molecular complexity index is 833. The number of carbonyl (C=O) groups excluding carboxylic acids is 2. The lowest BCUT2D eigenvalue weighted by molar-refractivity contribution is -0.130. The molecule has 1 fully saturated rings. The minimum atomic E-state index is -0.853. The monoisotopic (exact) mass is 401 g/mol. The van der Waals surface area contributed by atoms with Gasteiger partial charge < -0.3 is 19.3 Å². The molecular weight excluding hydrogens is 374 g/mol. The van der Waals surface area contributed by atoms with Crippen LogP contribution in [0.3, 0.4) is 0 Å². The average Bonchev–Trinajstić information content (AvgIpc) is 3.13. The number of carbonyl (C=O) groups is 2. The first kappa shape index (κ1) is 20.8. The first-order chi connectivity index (χ1) is 13.9. The van der Waals surface area contributed by atoms with E-state index in [0.29, 0.717) is 28.9 Å². The van der Waals surface area contributed by atoms with E-state index in [1.165, 1.54) is 6.42 Å². The van der Waals surface area contributed by atoms with Gasteiger partial charge in [-0.15, -0.1) is 0 Å². The van der Waals surface area contributed by atoms with Gasteiger partial charge in [-0.05, 0) is 49.9 Å². The fourth-order valence-electron chi connectivity index (χ4n) is 3.35. The second-order valence-electron chi connectivity index (χ2n) is 7.47. The molecule has 8 heteroatoms. The summed E-state index contributed by atoms with van der Waals surface area (Å²) in [6, 6.07) is 6.63. The zero-order chi connectivity index (χ0) is 20.8. The predicted octanol–water partition coefficient (Wildman–Crippen LogP) is 3.20. The molecule has 1 amide bonds. The summed E-state index contributed by atoms with van der Waals surface area (Å²) in [4.78, 5) is 28.8. The van der Waals surface area contributed by atoms with E-state index in [4.69, 9.17) is 14.0 Å². The van der Waals surface area contributed by atoms with Crippen LogP contribution < -0.4 is 10.1 Å². The Balaban J connectivity index is 1.48.